The van der Waals surface area contributed by atoms with Crippen molar-refractivity contribution in [2.24, 2.45) is 16.3 Å². The second-order valence-electron chi connectivity index (χ2n) is 20.0. The molecule has 4 N–H and O–H groups in total. The Hall–Kier alpha value is -5.54. The summed E-state index contributed by atoms with van der Waals surface area (Å²) < 4.78 is 38.7. The fourth-order valence-electron chi connectivity index (χ4n) is 8.01. The number of amides is 5. The van der Waals surface area contributed by atoms with Crippen LogP contribution in [-0.2, 0) is 51.5 Å². The zero-order valence-corrected chi connectivity index (χ0v) is 41.4. The highest BCUT2D eigenvalue weighted by molar-refractivity contribution is 7.91. The molecule has 2 aromatic carbocycles. The van der Waals surface area contributed by atoms with Crippen LogP contribution in [0.1, 0.15) is 143 Å². The minimum Gasteiger partial charge on any atom is -0.444 e. The summed E-state index contributed by atoms with van der Waals surface area (Å²) in [5.41, 5.74) is 2.21. The van der Waals surface area contributed by atoms with Crippen LogP contribution in [0.5, 0.6) is 0 Å². The highest BCUT2D eigenvalue weighted by atomic mass is 32.2. The van der Waals surface area contributed by atoms with Gasteiger partial charge in [0.2, 0.25) is 27.9 Å². The predicted octanol–water partition coefficient (Wildman–Crippen LogP) is 7.84. The van der Waals surface area contributed by atoms with E-state index >= 15 is 0 Å². The summed E-state index contributed by atoms with van der Waals surface area (Å²) in [6.07, 6.45) is 2.96. The van der Waals surface area contributed by atoms with Gasteiger partial charge in [0.15, 0.2) is 0 Å². The highest BCUT2D eigenvalue weighted by Crippen LogP contribution is 2.45. The standard InChI is InChI=1S/C37H55N5O9S.C12H15NO/c1-11-22-14-13-15-26(21(3)4)28(22)38-33(46)50-24-18-27(42(20-24)31(44)29(35(5,6)7)39-34(47)51-36(8,9)10)30(43)40-37(19-23(37)12-2)32(45)41-52(48,49)25-16-17-25;1-4-10-6-5-7-11(9(2)3)12(10)13-8-14/h12-15,21,23-25,27,29H,2,11,16-20H2,1,3-10H3,(H,38,46)(H,39,47)(H,40,43)(H,41,45);5-7,9H,4H2,1-3H3/t23?,24-,27+,29-,37-;/m1./s1. The van der Waals surface area contributed by atoms with Crippen LogP contribution in [0.4, 0.5) is 21.0 Å². The van der Waals surface area contributed by atoms with Crippen molar-refractivity contribution in [1.29, 1.82) is 0 Å². The van der Waals surface area contributed by atoms with Gasteiger partial charge in [-0.25, -0.2) is 22.8 Å². The first-order valence-electron chi connectivity index (χ1n) is 22.8. The molecule has 1 aliphatic heterocycles. The van der Waals surface area contributed by atoms with E-state index in [4.69, 9.17) is 9.47 Å². The number of hydrogen-bond donors (Lipinski definition) is 4. The number of sulfonamides is 1. The van der Waals surface area contributed by atoms with Gasteiger partial charge in [0.25, 0.3) is 5.91 Å². The number of carbonyl (C=O) groups excluding carboxylic acids is 6. The number of aryl methyl sites for hydroxylation is 2. The first-order chi connectivity index (χ1) is 30.7. The number of isocyanates is 1. The predicted molar refractivity (Wildman–Crippen MR) is 253 cm³/mol. The second kappa shape index (κ2) is 21.4. The Morgan fingerprint density at radius 2 is 1.52 bits per heavy atom. The van der Waals surface area contributed by atoms with E-state index in [0.717, 1.165) is 34.4 Å². The molecule has 2 aromatic rings. The first kappa shape index (κ1) is 53.1. The lowest BCUT2D eigenvalue weighted by atomic mass is 9.85. The van der Waals surface area contributed by atoms with Gasteiger partial charge in [0, 0.05) is 12.3 Å². The first-order valence-corrected chi connectivity index (χ1v) is 24.4. The summed E-state index contributed by atoms with van der Waals surface area (Å²) in [6, 6.07) is 9.38. The number of para-hydroxylation sites is 2. The van der Waals surface area contributed by atoms with Gasteiger partial charge in [0.05, 0.1) is 23.2 Å². The molecule has 0 spiro atoms. The highest BCUT2D eigenvalue weighted by Gasteiger charge is 2.62. The molecule has 0 bridgehead atoms. The number of benzene rings is 2. The molecular formula is C49H70N6O10S. The number of alkyl carbamates (subject to hydrolysis) is 1. The summed E-state index contributed by atoms with van der Waals surface area (Å²) in [6.45, 7) is 26.1. The monoisotopic (exact) mass is 934 g/mol. The van der Waals surface area contributed by atoms with E-state index in [1.165, 1.54) is 11.0 Å². The van der Waals surface area contributed by atoms with Gasteiger partial charge in [-0.05, 0) is 92.4 Å². The molecule has 16 nitrogen and oxygen atoms in total. The number of rotatable bonds is 15. The van der Waals surface area contributed by atoms with Crippen molar-refractivity contribution < 1.29 is 46.7 Å². The number of hydrogen-bond acceptors (Lipinski definition) is 11. The molecule has 5 rings (SSSR count). The van der Waals surface area contributed by atoms with Crippen LogP contribution in [0.15, 0.2) is 54.0 Å². The van der Waals surface area contributed by atoms with Gasteiger partial charge < -0.3 is 25.0 Å². The molecule has 362 valence electrons. The summed E-state index contributed by atoms with van der Waals surface area (Å²) >= 11 is 0. The molecule has 5 amide bonds. The number of aliphatic imine (C=N–C) groups is 1. The van der Waals surface area contributed by atoms with Crippen molar-refractivity contribution in [3.05, 3.63) is 71.3 Å². The molecule has 0 aromatic heterocycles. The number of carbonyl (C=O) groups is 5. The maximum Gasteiger partial charge on any atom is 0.411 e. The van der Waals surface area contributed by atoms with Crippen LogP contribution in [0.3, 0.4) is 0 Å². The third kappa shape index (κ3) is 13.3. The average Bonchev–Trinajstić information content (AvgIpc) is 4.15. The Balaban J connectivity index is 0.000000579. The Labute approximate surface area is 390 Å². The largest absolute Gasteiger partial charge is 0.444 e. The van der Waals surface area contributed by atoms with Crippen LogP contribution in [0.25, 0.3) is 0 Å². The SMILES string of the molecule is C=CC1C[C@]1(NC(=O)[C@@H]1C[C@@H](OC(=O)Nc2c(CC)cccc2C(C)C)CN1C(=O)[C@@H](NC(=O)OC(C)(C)C)C(C)(C)C)C(=O)NS(=O)(=O)C1CC1.CCc1cccc(C(C)C)c1N=C=O. The Bertz CT molecular complexity index is 2310. The minimum atomic E-state index is -3.92. The molecule has 1 unspecified atom stereocenters. The number of nitrogens with one attached hydrogen (secondary N) is 4. The van der Waals surface area contributed by atoms with E-state index in [1.54, 1.807) is 47.6 Å². The summed E-state index contributed by atoms with van der Waals surface area (Å²) in [5.74, 6) is -2.32. The smallest absolute Gasteiger partial charge is 0.411 e. The zero-order chi connectivity index (χ0) is 49.5. The lowest BCUT2D eigenvalue weighted by Gasteiger charge is -2.36. The fraction of sp³-hybridized carbons (Fsp3) is 0.592. The summed E-state index contributed by atoms with van der Waals surface area (Å²) in [5, 5.41) is 7.59. The number of likely N-dealkylation sites (tertiary alicyclic amines) is 1. The Morgan fingerprint density at radius 1 is 0.924 bits per heavy atom. The summed E-state index contributed by atoms with van der Waals surface area (Å²) in [7, 11) is -3.92. The molecule has 3 aliphatic rings. The maximum absolute atomic E-state index is 14.4. The van der Waals surface area contributed by atoms with E-state index < -0.39 is 85.8 Å². The van der Waals surface area contributed by atoms with E-state index in [2.05, 4.69) is 53.0 Å². The van der Waals surface area contributed by atoms with Crippen molar-refractivity contribution in [3.63, 3.8) is 0 Å². The van der Waals surface area contributed by atoms with Crippen LogP contribution in [-0.4, -0.2) is 90.4 Å². The second-order valence-corrected chi connectivity index (χ2v) is 21.9. The van der Waals surface area contributed by atoms with Gasteiger partial charge in [0.1, 0.15) is 29.3 Å². The Kier molecular flexibility index (Phi) is 17.2. The van der Waals surface area contributed by atoms with E-state index in [-0.39, 0.29) is 25.3 Å². The van der Waals surface area contributed by atoms with Gasteiger partial charge in [-0.2, -0.15) is 4.99 Å². The van der Waals surface area contributed by atoms with Crippen molar-refractivity contribution in [2.45, 2.75) is 168 Å². The fourth-order valence-corrected chi connectivity index (χ4v) is 9.37. The molecule has 1 saturated heterocycles. The normalized spacial score (nSPS) is 20.8. The minimum absolute atomic E-state index is 0.104. The maximum atomic E-state index is 14.4. The van der Waals surface area contributed by atoms with Gasteiger partial charge in [-0.3, -0.25) is 24.4 Å². The molecule has 2 saturated carbocycles. The van der Waals surface area contributed by atoms with E-state index in [0.29, 0.717) is 30.9 Å². The molecule has 0 radical (unpaired) electrons. The number of anilines is 1. The molecule has 17 heteroatoms. The molecule has 2 aliphatic carbocycles. The molecule has 66 heavy (non-hydrogen) atoms. The van der Waals surface area contributed by atoms with Crippen LogP contribution >= 0.6 is 0 Å². The van der Waals surface area contributed by atoms with Crippen molar-refractivity contribution in [1.82, 2.24) is 20.3 Å². The van der Waals surface area contributed by atoms with Crippen molar-refractivity contribution >= 4 is 57.4 Å². The quantitative estimate of drug-likeness (QED) is 0.0770. The number of ether oxygens (including phenoxy) is 2. The van der Waals surface area contributed by atoms with Crippen molar-refractivity contribution in [2.75, 3.05) is 11.9 Å². The summed E-state index contributed by atoms with van der Waals surface area (Å²) in [4.78, 5) is 83.6. The van der Waals surface area contributed by atoms with Crippen molar-refractivity contribution in [3.8, 4) is 0 Å². The lowest BCUT2D eigenvalue weighted by molar-refractivity contribution is -0.143. The lowest BCUT2D eigenvalue weighted by Crippen LogP contribution is -2.60. The molecular weight excluding hydrogens is 865 g/mol. The molecule has 5 atom stereocenters. The van der Waals surface area contributed by atoms with Gasteiger partial charge in [-0.15, -0.1) is 6.58 Å². The third-order valence-corrected chi connectivity index (χ3v) is 13.7. The molecule has 1 heterocycles. The number of nitrogens with zero attached hydrogens (tertiary/aromatic N) is 2. The zero-order valence-electron chi connectivity index (χ0n) is 40.6. The van der Waals surface area contributed by atoms with Crippen LogP contribution in [0, 0.1) is 11.3 Å². The Morgan fingerprint density at radius 3 is 2.02 bits per heavy atom. The van der Waals surface area contributed by atoms with Crippen LogP contribution < -0.4 is 20.7 Å². The van der Waals surface area contributed by atoms with Gasteiger partial charge in [-0.1, -0.05) is 105 Å². The van der Waals surface area contributed by atoms with E-state index in [1.807, 2.05) is 57.2 Å². The van der Waals surface area contributed by atoms with E-state index in [9.17, 15) is 37.2 Å². The van der Waals surface area contributed by atoms with Gasteiger partial charge >= 0.3 is 12.2 Å². The topological polar surface area (TPSA) is 219 Å². The average molecular weight is 935 g/mol. The molecule has 3 fully saturated rings. The third-order valence-electron chi connectivity index (χ3n) is 11.9. The van der Waals surface area contributed by atoms with Crippen LogP contribution in [0.2, 0.25) is 0 Å².